The molecule has 4 heteroatoms. The monoisotopic (exact) mass is 366 g/mol. The number of aryl methyl sites for hydroxylation is 2. The van der Waals surface area contributed by atoms with E-state index in [4.69, 9.17) is 0 Å². The molecule has 0 spiro atoms. The Morgan fingerprint density at radius 2 is 1.15 bits per heavy atom. The fourth-order valence-corrected chi connectivity index (χ4v) is 3.24. The highest BCUT2D eigenvalue weighted by atomic mass is 16.2. The quantitative estimate of drug-likeness (QED) is 0.693. The standard InChI is InChI=1S/C23H30N2O2/c1-7-24(19-13-9-11-17(3)15-19)21(26)23(5,6)22(27)25(8-2)20-14-10-12-18(4)16-20/h9-16H,7-8H2,1-6H3. The smallest absolute Gasteiger partial charge is 0.242 e. The van der Waals surface area contributed by atoms with Crippen molar-refractivity contribution >= 4 is 23.2 Å². The van der Waals surface area contributed by atoms with Gasteiger partial charge < -0.3 is 9.80 Å². The predicted molar refractivity (Wildman–Crippen MR) is 112 cm³/mol. The third-order valence-electron chi connectivity index (χ3n) is 4.82. The van der Waals surface area contributed by atoms with Gasteiger partial charge in [-0.25, -0.2) is 0 Å². The number of rotatable bonds is 6. The third-order valence-corrected chi connectivity index (χ3v) is 4.82. The van der Waals surface area contributed by atoms with Gasteiger partial charge in [-0.3, -0.25) is 9.59 Å². The molecular weight excluding hydrogens is 336 g/mol. The Morgan fingerprint density at radius 3 is 1.44 bits per heavy atom. The summed E-state index contributed by atoms with van der Waals surface area (Å²) in [6.45, 7) is 12.3. The van der Waals surface area contributed by atoms with Crippen molar-refractivity contribution in [1.29, 1.82) is 0 Å². The molecule has 0 aliphatic carbocycles. The van der Waals surface area contributed by atoms with Crippen LogP contribution >= 0.6 is 0 Å². The molecule has 4 nitrogen and oxygen atoms in total. The van der Waals surface area contributed by atoms with Gasteiger partial charge in [-0.05, 0) is 76.9 Å². The van der Waals surface area contributed by atoms with Gasteiger partial charge in [-0.1, -0.05) is 24.3 Å². The SMILES string of the molecule is CCN(C(=O)C(C)(C)C(=O)N(CC)c1cccc(C)c1)c1cccc(C)c1. The molecule has 0 bridgehead atoms. The summed E-state index contributed by atoms with van der Waals surface area (Å²) in [4.78, 5) is 30.1. The molecule has 144 valence electrons. The normalized spacial score (nSPS) is 11.2. The van der Waals surface area contributed by atoms with E-state index in [1.54, 1.807) is 23.6 Å². The lowest BCUT2D eigenvalue weighted by Gasteiger charge is -2.34. The Balaban J connectivity index is 2.36. The van der Waals surface area contributed by atoms with E-state index in [1.807, 2.05) is 76.2 Å². The van der Waals surface area contributed by atoms with Gasteiger partial charge in [0.2, 0.25) is 11.8 Å². The zero-order chi connectivity index (χ0) is 20.2. The molecule has 0 aliphatic heterocycles. The van der Waals surface area contributed by atoms with Gasteiger partial charge in [-0.2, -0.15) is 0 Å². The highest BCUT2D eigenvalue weighted by molar-refractivity contribution is 6.15. The first kappa shape index (κ1) is 20.7. The molecule has 2 aromatic rings. The number of hydrogen-bond acceptors (Lipinski definition) is 2. The van der Waals surface area contributed by atoms with Crippen molar-refractivity contribution < 1.29 is 9.59 Å². The molecule has 0 radical (unpaired) electrons. The summed E-state index contributed by atoms with van der Waals surface area (Å²) < 4.78 is 0. The second-order valence-electron chi connectivity index (χ2n) is 7.40. The van der Waals surface area contributed by atoms with Crippen LogP contribution in [0.1, 0.15) is 38.8 Å². The molecular formula is C23H30N2O2. The van der Waals surface area contributed by atoms with Crippen molar-refractivity contribution in [3.05, 3.63) is 59.7 Å². The second kappa shape index (κ2) is 8.38. The van der Waals surface area contributed by atoms with E-state index in [0.717, 1.165) is 22.5 Å². The maximum atomic E-state index is 13.3. The van der Waals surface area contributed by atoms with Gasteiger partial charge in [-0.15, -0.1) is 0 Å². The average molecular weight is 367 g/mol. The summed E-state index contributed by atoms with van der Waals surface area (Å²) in [6, 6.07) is 15.6. The van der Waals surface area contributed by atoms with Gasteiger partial charge in [0.05, 0.1) is 0 Å². The summed E-state index contributed by atoms with van der Waals surface area (Å²) in [5.41, 5.74) is 2.64. The molecule has 0 fully saturated rings. The number of amides is 2. The summed E-state index contributed by atoms with van der Waals surface area (Å²) in [6.07, 6.45) is 0. The van der Waals surface area contributed by atoms with Crippen LogP contribution in [0.15, 0.2) is 48.5 Å². The highest BCUT2D eigenvalue weighted by Gasteiger charge is 2.42. The van der Waals surface area contributed by atoms with Crippen molar-refractivity contribution in [2.75, 3.05) is 22.9 Å². The molecule has 27 heavy (non-hydrogen) atoms. The lowest BCUT2D eigenvalue weighted by molar-refractivity contribution is -0.138. The maximum absolute atomic E-state index is 13.3. The Bertz CT molecular complexity index is 759. The fraction of sp³-hybridized carbons (Fsp3) is 0.391. The van der Waals surface area contributed by atoms with E-state index in [-0.39, 0.29) is 11.8 Å². The molecule has 0 unspecified atom stereocenters. The molecule has 0 aromatic heterocycles. The molecule has 2 rings (SSSR count). The summed E-state index contributed by atoms with van der Waals surface area (Å²) in [7, 11) is 0. The van der Waals surface area contributed by atoms with Crippen molar-refractivity contribution in [2.24, 2.45) is 5.41 Å². The second-order valence-corrected chi connectivity index (χ2v) is 7.40. The summed E-state index contributed by atoms with van der Waals surface area (Å²) in [5.74, 6) is -0.376. The van der Waals surface area contributed by atoms with E-state index < -0.39 is 5.41 Å². The molecule has 0 atom stereocenters. The Labute approximate surface area is 162 Å². The number of carbonyl (C=O) groups excluding carboxylic acids is 2. The molecule has 2 amide bonds. The van der Waals surface area contributed by atoms with E-state index >= 15 is 0 Å². The number of hydrogen-bond donors (Lipinski definition) is 0. The fourth-order valence-electron chi connectivity index (χ4n) is 3.24. The topological polar surface area (TPSA) is 40.6 Å². The van der Waals surface area contributed by atoms with Crippen molar-refractivity contribution in [2.45, 2.75) is 41.5 Å². The number of benzene rings is 2. The first-order valence-electron chi connectivity index (χ1n) is 9.49. The zero-order valence-electron chi connectivity index (χ0n) is 17.2. The summed E-state index contributed by atoms with van der Waals surface area (Å²) in [5, 5.41) is 0. The lowest BCUT2D eigenvalue weighted by Crippen LogP contribution is -2.51. The van der Waals surface area contributed by atoms with Crippen LogP contribution < -0.4 is 9.80 Å². The van der Waals surface area contributed by atoms with Crippen LogP contribution in [0.3, 0.4) is 0 Å². The van der Waals surface area contributed by atoms with Crippen LogP contribution in [0.5, 0.6) is 0 Å². The minimum Gasteiger partial charge on any atom is -0.312 e. The molecule has 0 heterocycles. The predicted octanol–water partition coefficient (Wildman–Crippen LogP) is 4.74. The van der Waals surface area contributed by atoms with Crippen LogP contribution in [0.25, 0.3) is 0 Å². The zero-order valence-corrected chi connectivity index (χ0v) is 17.2. The molecule has 2 aromatic carbocycles. The number of nitrogens with zero attached hydrogens (tertiary/aromatic N) is 2. The maximum Gasteiger partial charge on any atom is 0.242 e. The average Bonchev–Trinajstić information content (AvgIpc) is 2.63. The van der Waals surface area contributed by atoms with Gasteiger partial charge in [0.25, 0.3) is 0 Å². The summed E-state index contributed by atoms with van der Waals surface area (Å²) >= 11 is 0. The molecule has 0 aliphatic rings. The van der Waals surface area contributed by atoms with Gasteiger partial charge in [0.1, 0.15) is 5.41 Å². The molecule has 0 N–H and O–H groups in total. The van der Waals surface area contributed by atoms with E-state index in [2.05, 4.69) is 0 Å². The van der Waals surface area contributed by atoms with Crippen LogP contribution in [-0.4, -0.2) is 24.9 Å². The third kappa shape index (κ3) is 4.38. The Morgan fingerprint density at radius 1 is 0.778 bits per heavy atom. The number of carbonyl (C=O) groups is 2. The van der Waals surface area contributed by atoms with Crippen molar-refractivity contribution in [1.82, 2.24) is 0 Å². The minimum absolute atomic E-state index is 0.188. The van der Waals surface area contributed by atoms with E-state index in [9.17, 15) is 9.59 Å². The minimum atomic E-state index is -1.17. The Hall–Kier alpha value is -2.62. The molecule has 0 saturated heterocycles. The van der Waals surface area contributed by atoms with Crippen LogP contribution in [0.2, 0.25) is 0 Å². The van der Waals surface area contributed by atoms with Crippen LogP contribution in [-0.2, 0) is 9.59 Å². The van der Waals surface area contributed by atoms with Gasteiger partial charge in [0.15, 0.2) is 0 Å². The van der Waals surface area contributed by atoms with E-state index in [1.165, 1.54) is 0 Å². The Kier molecular flexibility index (Phi) is 6.42. The molecule has 0 saturated carbocycles. The van der Waals surface area contributed by atoms with Crippen LogP contribution in [0.4, 0.5) is 11.4 Å². The van der Waals surface area contributed by atoms with Crippen LogP contribution in [0, 0.1) is 19.3 Å². The van der Waals surface area contributed by atoms with Crippen molar-refractivity contribution in [3.8, 4) is 0 Å². The first-order valence-corrected chi connectivity index (χ1v) is 9.49. The first-order chi connectivity index (χ1) is 12.7. The largest absolute Gasteiger partial charge is 0.312 e. The van der Waals surface area contributed by atoms with Crippen molar-refractivity contribution in [3.63, 3.8) is 0 Å². The lowest BCUT2D eigenvalue weighted by atomic mass is 9.88. The van der Waals surface area contributed by atoms with Gasteiger partial charge >= 0.3 is 0 Å². The number of anilines is 2. The van der Waals surface area contributed by atoms with E-state index in [0.29, 0.717) is 13.1 Å². The highest BCUT2D eigenvalue weighted by Crippen LogP contribution is 2.29. The van der Waals surface area contributed by atoms with Gasteiger partial charge in [0, 0.05) is 24.5 Å².